The van der Waals surface area contributed by atoms with E-state index in [4.69, 9.17) is 11.6 Å². The van der Waals surface area contributed by atoms with Crippen LogP contribution in [0.4, 0.5) is 0 Å². The van der Waals surface area contributed by atoms with Crippen molar-refractivity contribution in [3.05, 3.63) is 47.9 Å². The average molecular weight is 231 g/mol. The summed E-state index contributed by atoms with van der Waals surface area (Å²) < 4.78 is 1.67. The fourth-order valence-electron chi connectivity index (χ4n) is 1.60. The van der Waals surface area contributed by atoms with Gasteiger partial charge < -0.3 is 0 Å². The van der Waals surface area contributed by atoms with Crippen LogP contribution in [0.5, 0.6) is 0 Å². The molecule has 0 amide bonds. The highest BCUT2D eigenvalue weighted by Gasteiger charge is 2.07. The highest BCUT2D eigenvalue weighted by molar-refractivity contribution is 6.29. The molecule has 78 valence electrons. The molecule has 2 aromatic heterocycles. The molecule has 0 aliphatic carbocycles. The van der Waals surface area contributed by atoms with Gasteiger partial charge in [-0.1, -0.05) is 41.9 Å². The summed E-state index contributed by atoms with van der Waals surface area (Å²) in [6.45, 7) is 0. The first-order valence-corrected chi connectivity index (χ1v) is 5.14. The molecule has 0 aliphatic heterocycles. The zero-order valence-electron chi connectivity index (χ0n) is 8.21. The van der Waals surface area contributed by atoms with Crippen molar-refractivity contribution >= 4 is 17.4 Å². The molecule has 0 spiro atoms. The summed E-state index contributed by atoms with van der Waals surface area (Å²) in [7, 11) is 0. The lowest BCUT2D eigenvalue weighted by atomic mass is 10.1. The average Bonchev–Trinajstić information content (AvgIpc) is 2.77. The Morgan fingerprint density at radius 2 is 1.94 bits per heavy atom. The van der Waals surface area contributed by atoms with Gasteiger partial charge >= 0.3 is 0 Å². The number of halogens is 1. The van der Waals surface area contributed by atoms with E-state index in [9.17, 15) is 0 Å². The molecule has 0 atom stereocenters. The third kappa shape index (κ3) is 1.44. The maximum Gasteiger partial charge on any atom is 0.254 e. The van der Waals surface area contributed by atoms with E-state index in [0.29, 0.717) is 10.9 Å². The molecule has 2 heterocycles. The molecule has 5 heteroatoms. The van der Waals surface area contributed by atoms with Crippen molar-refractivity contribution in [3.8, 4) is 11.3 Å². The quantitative estimate of drug-likeness (QED) is 0.603. The predicted molar refractivity (Wildman–Crippen MR) is 61.2 cm³/mol. The maximum atomic E-state index is 5.94. The lowest BCUT2D eigenvalue weighted by Crippen LogP contribution is -1.96. The third-order valence-corrected chi connectivity index (χ3v) is 2.48. The van der Waals surface area contributed by atoms with Crippen LogP contribution in [0.3, 0.4) is 0 Å². The summed E-state index contributed by atoms with van der Waals surface area (Å²) in [4.78, 5) is 8.10. The molecule has 1 aromatic carbocycles. The summed E-state index contributed by atoms with van der Waals surface area (Å²) in [5, 5.41) is 4.54. The SMILES string of the molecule is Clc1cc(-c2ccccc2)n2ncnc2n1. The van der Waals surface area contributed by atoms with Gasteiger partial charge in [0.2, 0.25) is 0 Å². The number of nitrogens with zero attached hydrogens (tertiary/aromatic N) is 4. The van der Waals surface area contributed by atoms with E-state index in [2.05, 4.69) is 15.1 Å². The Morgan fingerprint density at radius 1 is 1.12 bits per heavy atom. The van der Waals surface area contributed by atoms with Gasteiger partial charge in [0.25, 0.3) is 5.78 Å². The summed E-state index contributed by atoms with van der Waals surface area (Å²) in [6, 6.07) is 11.7. The smallest absolute Gasteiger partial charge is 0.199 e. The van der Waals surface area contributed by atoms with Crippen molar-refractivity contribution in [3.63, 3.8) is 0 Å². The number of hydrogen-bond donors (Lipinski definition) is 0. The largest absolute Gasteiger partial charge is 0.254 e. The van der Waals surface area contributed by atoms with E-state index in [1.807, 2.05) is 30.3 Å². The molecule has 4 nitrogen and oxygen atoms in total. The molecule has 0 N–H and O–H groups in total. The van der Waals surface area contributed by atoms with Crippen LogP contribution in [0.25, 0.3) is 17.0 Å². The van der Waals surface area contributed by atoms with Crippen LogP contribution < -0.4 is 0 Å². The van der Waals surface area contributed by atoms with Crippen LogP contribution in [-0.2, 0) is 0 Å². The lowest BCUT2D eigenvalue weighted by Gasteiger charge is -2.03. The van der Waals surface area contributed by atoms with Crippen molar-refractivity contribution in [1.29, 1.82) is 0 Å². The molecule has 16 heavy (non-hydrogen) atoms. The Hall–Kier alpha value is -1.94. The highest BCUT2D eigenvalue weighted by Crippen LogP contribution is 2.21. The van der Waals surface area contributed by atoms with Crippen LogP contribution >= 0.6 is 11.6 Å². The van der Waals surface area contributed by atoms with E-state index in [0.717, 1.165) is 11.3 Å². The lowest BCUT2D eigenvalue weighted by molar-refractivity contribution is 0.948. The van der Waals surface area contributed by atoms with Gasteiger partial charge in [-0.25, -0.2) is 0 Å². The van der Waals surface area contributed by atoms with Crippen LogP contribution in [0.15, 0.2) is 42.7 Å². The summed E-state index contributed by atoms with van der Waals surface area (Å²) in [5.74, 6) is 0.506. The Labute approximate surface area is 96.5 Å². The standard InChI is InChI=1S/C11H7ClN4/c12-10-6-9(8-4-2-1-3-5-8)16-11(15-10)13-7-14-16/h1-7H. The number of aromatic nitrogens is 4. The molecule has 0 unspecified atom stereocenters. The van der Waals surface area contributed by atoms with Crippen LogP contribution in [0.2, 0.25) is 5.15 Å². The van der Waals surface area contributed by atoms with Crippen molar-refractivity contribution in [2.75, 3.05) is 0 Å². The number of hydrogen-bond acceptors (Lipinski definition) is 3. The van der Waals surface area contributed by atoms with E-state index in [1.54, 1.807) is 10.6 Å². The van der Waals surface area contributed by atoms with E-state index < -0.39 is 0 Å². The first kappa shape index (κ1) is 9.30. The molecule has 0 fully saturated rings. The van der Waals surface area contributed by atoms with Gasteiger partial charge in [-0.05, 0) is 0 Å². The van der Waals surface area contributed by atoms with Crippen LogP contribution in [0, 0.1) is 0 Å². The summed E-state index contributed by atoms with van der Waals surface area (Å²) >= 11 is 5.94. The van der Waals surface area contributed by atoms with E-state index in [-0.39, 0.29) is 0 Å². The first-order chi connectivity index (χ1) is 7.84. The number of rotatable bonds is 1. The topological polar surface area (TPSA) is 43.1 Å². The third-order valence-electron chi connectivity index (χ3n) is 2.29. The van der Waals surface area contributed by atoms with Gasteiger partial charge in [-0.15, -0.1) is 0 Å². The van der Waals surface area contributed by atoms with E-state index >= 15 is 0 Å². The molecule has 0 bridgehead atoms. The Kier molecular flexibility index (Phi) is 2.08. The molecule has 0 radical (unpaired) electrons. The predicted octanol–water partition coefficient (Wildman–Crippen LogP) is 2.44. The van der Waals surface area contributed by atoms with Crippen molar-refractivity contribution < 1.29 is 0 Å². The molecule has 3 rings (SSSR count). The zero-order valence-corrected chi connectivity index (χ0v) is 8.96. The van der Waals surface area contributed by atoms with Gasteiger partial charge in [0.1, 0.15) is 11.5 Å². The van der Waals surface area contributed by atoms with Crippen LogP contribution in [-0.4, -0.2) is 19.6 Å². The summed E-state index contributed by atoms with van der Waals surface area (Å²) in [6.07, 6.45) is 1.46. The van der Waals surface area contributed by atoms with Gasteiger partial charge in [0.15, 0.2) is 0 Å². The van der Waals surface area contributed by atoms with Gasteiger partial charge in [0.05, 0.1) is 5.69 Å². The monoisotopic (exact) mass is 230 g/mol. The van der Waals surface area contributed by atoms with Crippen LogP contribution in [0.1, 0.15) is 0 Å². The molecule has 3 aromatic rings. The van der Waals surface area contributed by atoms with Gasteiger partial charge in [-0.2, -0.15) is 19.6 Å². The molecule has 0 saturated carbocycles. The fourth-order valence-corrected chi connectivity index (χ4v) is 1.78. The Bertz CT molecular complexity index is 633. The zero-order chi connectivity index (χ0) is 11.0. The minimum absolute atomic E-state index is 0.416. The Morgan fingerprint density at radius 3 is 2.75 bits per heavy atom. The second-order valence-corrected chi connectivity index (χ2v) is 3.69. The minimum Gasteiger partial charge on any atom is -0.199 e. The minimum atomic E-state index is 0.416. The number of fused-ring (bicyclic) bond motifs is 1. The van der Waals surface area contributed by atoms with Gasteiger partial charge in [-0.3, -0.25) is 0 Å². The fraction of sp³-hybridized carbons (Fsp3) is 0. The van der Waals surface area contributed by atoms with Crippen molar-refractivity contribution in [2.45, 2.75) is 0 Å². The second-order valence-electron chi connectivity index (χ2n) is 3.30. The molecule has 0 saturated heterocycles. The first-order valence-electron chi connectivity index (χ1n) is 4.76. The number of benzene rings is 1. The normalized spacial score (nSPS) is 10.8. The molecular weight excluding hydrogens is 224 g/mol. The molecule has 0 aliphatic rings. The second kappa shape index (κ2) is 3.57. The van der Waals surface area contributed by atoms with Crippen molar-refractivity contribution in [1.82, 2.24) is 19.6 Å². The highest BCUT2D eigenvalue weighted by atomic mass is 35.5. The Balaban J connectivity index is 2.34. The molecular formula is C11H7ClN4. The van der Waals surface area contributed by atoms with E-state index in [1.165, 1.54) is 6.33 Å². The van der Waals surface area contributed by atoms with Gasteiger partial charge in [0, 0.05) is 11.6 Å². The van der Waals surface area contributed by atoms with Crippen molar-refractivity contribution in [2.24, 2.45) is 0 Å². The maximum absolute atomic E-state index is 5.94. The summed E-state index contributed by atoms with van der Waals surface area (Å²) in [5.41, 5.74) is 1.91.